The average Bonchev–Trinajstić information content (AvgIpc) is 2.58. The number of ether oxygens (including phenoxy) is 1. The van der Waals surface area contributed by atoms with E-state index in [1.807, 2.05) is 0 Å². The lowest BCUT2D eigenvalue weighted by atomic mass is 10.3. The number of aldehydes is 1. The van der Waals surface area contributed by atoms with Crippen LogP contribution in [0.25, 0.3) is 0 Å². The normalized spacial score (nSPS) is 9.50. The van der Waals surface area contributed by atoms with Gasteiger partial charge in [-0.15, -0.1) is 11.3 Å². The number of aromatic hydroxyl groups is 1. The smallest absolute Gasteiger partial charge is 0.348 e. The Kier molecular flexibility index (Phi) is 2.98. The fourth-order valence-corrected chi connectivity index (χ4v) is 1.68. The Balaban J connectivity index is 3.10. The van der Waals surface area contributed by atoms with E-state index in [0.29, 0.717) is 0 Å². The zero-order valence-corrected chi connectivity index (χ0v) is 7.96. The van der Waals surface area contributed by atoms with E-state index in [-0.39, 0.29) is 21.8 Å². The first-order valence-corrected chi connectivity index (χ1v) is 4.32. The van der Waals surface area contributed by atoms with E-state index in [0.717, 1.165) is 17.4 Å². The van der Waals surface area contributed by atoms with Gasteiger partial charge >= 0.3 is 5.97 Å². The topological polar surface area (TPSA) is 80.7 Å². The predicted octanol–water partition coefficient (Wildman–Crippen LogP) is 0.622. The summed E-state index contributed by atoms with van der Waals surface area (Å²) < 4.78 is 4.38. The summed E-state index contributed by atoms with van der Waals surface area (Å²) in [5.74, 6) is -1.90. The number of carbonyl (C=O) groups excluding carboxylic acids is 3. The minimum Gasteiger partial charge on any atom is -0.506 e. The first kappa shape index (κ1) is 10.4. The van der Waals surface area contributed by atoms with Crippen molar-refractivity contribution < 1.29 is 24.2 Å². The van der Waals surface area contributed by atoms with Crippen molar-refractivity contribution in [3.05, 3.63) is 15.8 Å². The summed E-state index contributed by atoms with van der Waals surface area (Å²) >= 11 is 0.720. The minimum absolute atomic E-state index is 0.0760. The average molecular weight is 214 g/mol. The van der Waals surface area contributed by atoms with Gasteiger partial charge in [0.25, 0.3) is 0 Å². The van der Waals surface area contributed by atoms with E-state index < -0.39 is 11.8 Å². The fraction of sp³-hybridized carbons (Fsp3) is 0.125. The summed E-state index contributed by atoms with van der Waals surface area (Å²) in [4.78, 5) is 31.9. The third-order valence-electron chi connectivity index (χ3n) is 1.43. The molecule has 5 nitrogen and oxygen atoms in total. The van der Waals surface area contributed by atoms with Crippen molar-refractivity contribution in [3.8, 4) is 5.75 Å². The van der Waals surface area contributed by atoms with Crippen LogP contribution in [0.15, 0.2) is 6.07 Å². The number of hydrogen-bond acceptors (Lipinski definition) is 6. The Bertz CT molecular complexity index is 392. The molecule has 0 fully saturated rings. The van der Waals surface area contributed by atoms with Crippen molar-refractivity contribution >= 4 is 29.4 Å². The van der Waals surface area contributed by atoms with Gasteiger partial charge in [-0.05, 0) is 0 Å². The van der Waals surface area contributed by atoms with Gasteiger partial charge in [0.05, 0.1) is 7.11 Å². The molecular formula is C8H6O5S. The minimum atomic E-state index is -0.859. The number of ketones is 1. The molecule has 0 saturated carbocycles. The molecule has 0 atom stereocenters. The molecule has 1 aromatic rings. The van der Waals surface area contributed by atoms with Crippen LogP contribution in [0, 0.1) is 0 Å². The first-order valence-electron chi connectivity index (χ1n) is 3.50. The molecule has 0 aliphatic heterocycles. The molecule has 1 N–H and O–H groups in total. The van der Waals surface area contributed by atoms with Crippen molar-refractivity contribution in [3.63, 3.8) is 0 Å². The summed E-state index contributed by atoms with van der Waals surface area (Å²) in [5, 5.41) is 9.20. The molecule has 74 valence electrons. The second-order valence-electron chi connectivity index (χ2n) is 2.30. The van der Waals surface area contributed by atoms with Crippen molar-refractivity contribution in [2.24, 2.45) is 0 Å². The SMILES string of the molecule is COC(=O)c1cc(O)c(C(=O)C=O)s1. The lowest BCUT2D eigenvalue weighted by molar-refractivity contribution is -0.104. The number of rotatable bonds is 3. The number of Topliss-reactive ketones (excluding diaryl/α,β-unsaturated/α-hetero) is 1. The molecule has 14 heavy (non-hydrogen) atoms. The van der Waals surface area contributed by atoms with E-state index in [2.05, 4.69) is 4.74 Å². The highest BCUT2D eigenvalue weighted by atomic mass is 32.1. The Morgan fingerprint density at radius 3 is 2.71 bits per heavy atom. The van der Waals surface area contributed by atoms with Crippen LogP contribution in [0.2, 0.25) is 0 Å². The Labute approximate surface area is 82.9 Å². The summed E-state index contributed by atoms with van der Waals surface area (Å²) in [6, 6.07) is 1.09. The van der Waals surface area contributed by atoms with Gasteiger partial charge in [0.2, 0.25) is 5.78 Å². The predicted molar refractivity (Wildman–Crippen MR) is 47.7 cm³/mol. The molecule has 0 amide bonds. The highest BCUT2D eigenvalue weighted by Crippen LogP contribution is 2.28. The molecule has 0 aliphatic carbocycles. The Morgan fingerprint density at radius 2 is 2.21 bits per heavy atom. The van der Waals surface area contributed by atoms with E-state index in [1.54, 1.807) is 0 Å². The molecule has 1 heterocycles. The number of hydrogen-bond donors (Lipinski definition) is 1. The van der Waals surface area contributed by atoms with E-state index in [1.165, 1.54) is 7.11 Å². The second kappa shape index (κ2) is 4.01. The van der Waals surface area contributed by atoms with Crippen molar-refractivity contribution in [1.29, 1.82) is 0 Å². The van der Waals surface area contributed by atoms with Crippen LogP contribution in [0.1, 0.15) is 19.3 Å². The van der Waals surface area contributed by atoms with Gasteiger partial charge in [0, 0.05) is 6.07 Å². The summed E-state index contributed by atoms with van der Waals surface area (Å²) in [7, 11) is 1.18. The molecule has 1 rings (SSSR count). The zero-order chi connectivity index (χ0) is 10.7. The summed E-state index contributed by atoms with van der Waals surface area (Å²) in [6.45, 7) is 0. The summed E-state index contributed by atoms with van der Waals surface area (Å²) in [6.07, 6.45) is 0.0760. The molecule has 0 spiro atoms. The van der Waals surface area contributed by atoms with Crippen LogP contribution >= 0.6 is 11.3 Å². The number of thiophene rings is 1. The number of methoxy groups -OCH3 is 1. The molecule has 0 bridgehead atoms. The number of esters is 1. The van der Waals surface area contributed by atoms with Crippen molar-refractivity contribution in [1.82, 2.24) is 0 Å². The molecule has 6 heteroatoms. The van der Waals surface area contributed by atoms with Crippen LogP contribution in [-0.2, 0) is 9.53 Å². The molecule has 0 aromatic carbocycles. The van der Waals surface area contributed by atoms with Crippen LogP contribution in [0.4, 0.5) is 0 Å². The van der Waals surface area contributed by atoms with Gasteiger partial charge in [-0.1, -0.05) is 0 Å². The van der Waals surface area contributed by atoms with Gasteiger partial charge in [0.15, 0.2) is 6.29 Å². The third kappa shape index (κ3) is 1.80. The van der Waals surface area contributed by atoms with Gasteiger partial charge in [-0.25, -0.2) is 4.79 Å². The lowest BCUT2D eigenvalue weighted by Gasteiger charge is -1.90. The van der Waals surface area contributed by atoms with E-state index in [9.17, 15) is 19.5 Å². The van der Waals surface area contributed by atoms with Gasteiger partial charge in [-0.3, -0.25) is 9.59 Å². The zero-order valence-electron chi connectivity index (χ0n) is 7.14. The molecule has 0 radical (unpaired) electrons. The van der Waals surface area contributed by atoms with Crippen LogP contribution in [0.3, 0.4) is 0 Å². The Morgan fingerprint density at radius 1 is 1.57 bits per heavy atom. The van der Waals surface area contributed by atoms with Crippen molar-refractivity contribution in [2.75, 3.05) is 7.11 Å². The Hall–Kier alpha value is -1.69. The molecular weight excluding hydrogens is 208 g/mol. The van der Waals surface area contributed by atoms with Gasteiger partial charge in [-0.2, -0.15) is 0 Å². The van der Waals surface area contributed by atoms with Gasteiger partial charge in [0.1, 0.15) is 15.5 Å². The standard InChI is InChI=1S/C8H6O5S/c1-13-8(12)6-2-4(10)7(14-6)5(11)3-9/h2-3,10H,1H3. The van der Waals surface area contributed by atoms with Crippen LogP contribution in [-0.4, -0.2) is 30.3 Å². The summed E-state index contributed by atoms with van der Waals surface area (Å²) in [5.41, 5.74) is 0. The second-order valence-corrected chi connectivity index (χ2v) is 3.35. The van der Waals surface area contributed by atoms with Crippen molar-refractivity contribution in [2.45, 2.75) is 0 Å². The molecule has 0 aliphatic rings. The molecule has 0 unspecified atom stereocenters. The largest absolute Gasteiger partial charge is 0.506 e. The highest BCUT2D eigenvalue weighted by Gasteiger charge is 2.18. The van der Waals surface area contributed by atoms with Crippen LogP contribution in [0.5, 0.6) is 5.75 Å². The molecule has 1 aromatic heterocycles. The monoisotopic (exact) mass is 214 g/mol. The maximum atomic E-state index is 11.0. The third-order valence-corrected chi connectivity index (χ3v) is 2.55. The maximum absolute atomic E-state index is 11.0. The highest BCUT2D eigenvalue weighted by molar-refractivity contribution is 7.16. The quantitative estimate of drug-likeness (QED) is 0.345. The fourth-order valence-electron chi connectivity index (χ4n) is 0.813. The van der Waals surface area contributed by atoms with Gasteiger partial charge < -0.3 is 9.84 Å². The maximum Gasteiger partial charge on any atom is 0.348 e. The van der Waals surface area contributed by atoms with E-state index >= 15 is 0 Å². The first-order chi connectivity index (χ1) is 6.60. The van der Waals surface area contributed by atoms with Crippen LogP contribution < -0.4 is 0 Å². The van der Waals surface area contributed by atoms with E-state index in [4.69, 9.17) is 0 Å². The number of carbonyl (C=O) groups is 3. The molecule has 0 saturated heterocycles. The lowest BCUT2D eigenvalue weighted by Crippen LogP contribution is -1.97.